The SMILES string of the molecule is CC1(C)c2ccccc2Sc2cccc(C(=N)/C=C\C(=N)c3ccccc3)c21. The lowest BCUT2D eigenvalue weighted by Gasteiger charge is -2.36. The highest BCUT2D eigenvalue weighted by atomic mass is 32.2. The molecule has 3 heteroatoms. The van der Waals surface area contributed by atoms with Gasteiger partial charge in [0.25, 0.3) is 0 Å². The Morgan fingerprint density at radius 1 is 0.750 bits per heavy atom. The summed E-state index contributed by atoms with van der Waals surface area (Å²) >= 11 is 1.77. The Morgan fingerprint density at radius 3 is 2.18 bits per heavy atom. The molecule has 1 aliphatic rings. The van der Waals surface area contributed by atoms with E-state index in [4.69, 9.17) is 10.8 Å². The van der Waals surface area contributed by atoms with Gasteiger partial charge < -0.3 is 10.8 Å². The van der Waals surface area contributed by atoms with Crippen LogP contribution in [0.5, 0.6) is 0 Å². The maximum Gasteiger partial charge on any atom is 0.0616 e. The van der Waals surface area contributed by atoms with Gasteiger partial charge in [-0.15, -0.1) is 0 Å². The third-order valence-corrected chi connectivity index (χ3v) is 6.36. The van der Waals surface area contributed by atoms with Gasteiger partial charge >= 0.3 is 0 Å². The Hall–Kier alpha value is -2.91. The Labute approximate surface area is 170 Å². The van der Waals surface area contributed by atoms with Crippen molar-refractivity contribution >= 4 is 23.2 Å². The topological polar surface area (TPSA) is 47.7 Å². The van der Waals surface area contributed by atoms with E-state index in [-0.39, 0.29) is 5.41 Å². The van der Waals surface area contributed by atoms with E-state index in [0.29, 0.717) is 11.4 Å². The molecular formula is C25H22N2S. The minimum absolute atomic E-state index is 0.180. The van der Waals surface area contributed by atoms with Crippen LogP contribution in [-0.2, 0) is 5.41 Å². The molecule has 2 nitrogen and oxygen atoms in total. The normalized spacial score (nSPS) is 14.4. The molecule has 138 valence electrons. The fourth-order valence-electron chi connectivity index (χ4n) is 3.78. The molecule has 4 rings (SSSR count). The third-order valence-electron chi connectivity index (χ3n) is 5.22. The van der Waals surface area contributed by atoms with Crippen LogP contribution < -0.4 is 0 Å². The second-order valence-electron chi connectivity index (χ2n) is 7.43. The van der Waals surface area contributed by atoms with Crippen LogP contribution in [0.1, 0.15) is 36.1 Å². The average Bonchev–Trinajstić information content (AvgIpc) is 2.72. The second-order valence-corrected chi connectivity index (χ2v) is 8.51. The molecule has 1 heterocycles. The van der Waals surface area contributed by atoms with Gasteiger partial charge in [-0.3, -0.25) is 0 Å². The van der Waals surface area contributed by atoms with Crippen molar-refractivity contribution in [2.24, 2.45) is 0 Å². The first kappa shape index (κ1) is 18.5. The molecule has 0 fully saturated rings. The van der Waals surface area contributed by atoms with Crippen LogP contribution in [0.25, 0.3) is 0 Å². The van der Waals surface area contributed by atoms with Gasteiger partial charge in [0.1, 0.15) is 0 Å². The van der Waals surface area contributed by atoms with Crippen LogP contribution in [-0.4, -0.2) is 11.4 Å². The van der Waals surface area contributed by atoms with Gasteiger partial charge in [0.15, 0.2) is 0 Å². The van der Waals surface area contributed by atoms with Crippen molar-refractivity contribution in [1.82, 2.24) is 0 Å². The van der Waals surface area contributed by atoms with Gasteiger partial charge in [-0.05, 0) is 41.0 Å². The van der Waals surface area contributed by atoms with Crippen molar-refractivity contribution < 1.29 is 0 Å². The maximum atomic E-state index is 8.69. The molecule has 0 bridgehead atoms. The van der Waals surface area contributed by atoms with Gasteiger partial charge in [0.05, 0.1) is 11.4 Å². The predicted octanol–water partition coefficient (Wildman–Crippen LogP) is 6.47. The summed E-state index contributed by atoms with van der Waals surface area (Å²) in [5.41, 5.74) is 4.95. The van der Waals surface area contributed by atoms with Crippen molar-refractivity contribution in [3.63, 3.8) is 0 Å². The zero-order valence-electron chi connectivity index (χ0n) is 16.0. The van der Waals surface area contributed by atoms with Gasteiger partial charge in [-0.2, -0.15) is 0 Å². The lowest BCUT2D eigenvalue weighted by Crippen LogP contribution is -2.26. The first-order valence-electron chi connectivity index (χ1n) is 9.30. The maximum absolute atomic E-state index is 8.69. The standard InChI is InChI=1S/C25H22N2S/c1-25(2)19-12-6-7-13-22(19)28-23-14-8-11-18(24(23)25)21(27)16-15-20(26)17-9-4-3-5-10-17/h3-16,26-27H,1-2H3/b16-15-,26-20?,27-21?. The number of benzene rings is 3. The van der Waals surface area contributed by atoms with Gasteiger partial charge in [-0.1, -0.05) is 86.3 Å². The van der Waals surface area contributed by atoms with E-state index in [9.17, 15) is 0 Å². The monoisotopic (exact) mass is 382 g/mol. The number of hydrogen-bond donors (Lipinski definition) is 2. The van der Waals surface area contributed by atoms with E-state index in [0.717, 1.165) is 11.1 Å². The van der Waals surface area contributed by atoms with Crippen molar-refractivity contribution in [3.8, 4) is 0 Å². The molecule has 3 aromatic rings. The number of fused-ring (bicyclic) bond motifs is 2. The fraction of sp³-hybridized carbons (Fsp3) is 0.120. The van der Waals surface area contributed by atoms with Crippen LogP contribution in [0.3, 0.4) is 0 Å². The van der Waals surface area contributed by atoms with E-state index in [2.05, 4.69) is 44.2 Å². The van der Waals surface area contributed by atoms with Crippen LogP contribution in [0.15, 0.2) is 94.7 Å². The fourth-order valence-corrected chi connectivity index (χ4v) is 5.21. The van der Waals surface area contributed by atoms with Crippen LogP contribution >= 0.6 is 11.8 Å². The van der Waals surface area contributed by atoms with Crippen LogP contribution in [0, 0.1) is 10.8 Å². The molecule has 0 unspecified atom stereocenters. The minimum Gasteiger partial charge on any atom is -0.300 e. The first-order chi connectivity index (χ1) is 13.5. The lowest BCUT2D eigenvalue weighted by molar-refractivity contribution is 0.606. The van der Waals surface area contributed by atoms with Crippen LogP contribution in [0.2, 0.25) is 0 Å². The summed E-state index contributed by atoms with van der Waals surface area (Å²) in [6.45, 7) is 4.47. The summed E-state index contributed by atoms with van der Waals surface area (Å²) in [5, 5.41) is 17.0. The van der Waals surface area contributed by atoms with Crippen molar-refractivity contribution in [3.05, 3.63) is 107 Å². The Morgan fingerprint density at radius 2 is 1.39 bits per heavy atom. The molecule has 2 N–H and O–H groups in total. The van der Waals surface area contributed by atoms with E-state index >= 15 is 0 Å². The zero-order valence-corrected chi connectivity index (χ0v) is 16.8. The molecule has 0 saturated heterocycles. The summed E-state index contributed by atoms with van der Waals surface area (Å²) in [7, 11) is 0. The molecule has 0 saturated carbocycles. The summed E-state index contributed by atoms with van der Waals surface area (Å²) in [6.07, 6.45) is 3.46. The van der Waals surface area contributed by atoms with E-state index in [1.54, 1.807) is 23.9 Å². The quantitative estimate of drug-likeness (QED) is 0.499. The molecule has 0 amide bonds. The van der Waals surface area contributed by atoms with Crippen molar-refractivity contribution in [2.45, 2.75) is 29.1 Å². The smallest absolute Gasteiger partial charge is 0.0616 e. The molecule has 0 atom stereocenters. The molecule has 0 spiro atoms. The third kappa shape index (κ3) is 3.23. The first-order valence-corrected chi connectivity index (χ1v) is 10.1. The summed E-state index contributed by atoms with van der Waals surface area (Å²) in [4.78, 5) is 2.49. The number of allylic oxidation sites excluding steroid dienone is 2. The second kappa shape index (κ2) is 7.25. The average molecular weight is 383 g/mol. The lowest BCUT2D eigenvalue weighted by atomic mass is 9.75. The van der Waals surface area contributed by atoms with Gasteiger partial charge in [-0.25, -0.2) is 0 Å². The highest BCUT2D eigenvalue weighted by molar-refractivity contribution is 7.99. The van der Waals surface area contributed by atoms with E-state index in [1.165, 1.54) is 20.9 Å². The molecule has 0 radical (unpaired) electrons. The summed E-state index contributed by atoms with van der Waals surface area (Å²) in [5.74, 6) is 0. The van der Waals surface area contributed by atoms with Crippen molar-refractivity contribution in [2.75, 3.05) is 0 Å². The zero-order chi connectivity index (χ0) is 19.7. The summed E-state index contributed by atoms with van der Waals surface area (Å²) in [6, 6.07) is 24.3. The van der Waals surface area contributed by atoms with Crippen molar-refractivity contribution in [1.29, 1.82) is 10.8 Å². The predicted molar refractivity (Wildman–Crippen MR) is 118 cm³/mol. The molecule has 28 heavy (non-hydrogen) atoms. The highest BCUT2D eigenvalue weighted by Crippen LogP contribution is 2.50. The van der Waals surface area contributed by atoms with Gasteiger partial charge in [0.2, 0.25) is 0 Å². The molecule has 0 aliphatic carbocycles. The van der Waals surface area contributed by atoms with Gasteiger partial charge in [0, 0.05) is 20.8 Å². The van der Waals surface area contributed by atoms with E-state index in [1.807, 2.05) is 42.5 Å². The summed E-state index contributed by atoms with van der Waals surface area (Å²) < 4.78 is 0. The molecular weight excluding hydrogens is 360 g/mol. The number of hydrogen-bond acceptors (Lipinski definition) is 3. The van der Waals surface area contributed by atoms with Crippen LogP contribution in [0.4, 0.5) is 0 Å². The molecule has 1 aliphatic heterocycles. The Bertz CT molecular complexity index is 1090. The number of rotatable bonds is 4. The molecule has 3 aromatic carbocycles. The van der Waals surface area contributed by atoms with E-state index < -0.39 is 0 Å². The minimum atomic E-state index is -0.180. The Balaban J connectivity index is 1.71. The highest BCUT2D eigenvalue weighted by Gasteiger charge is 2.35. The Kier molecular flexibility index (Phi) is 4.78. The number of nitrogens with one attached hydrogen (secondary N) is 2. The molecule has 0 aromatic heterocycles. The largest absolute Gasteiger partial charge is 0.300 e.